The molecule has 2 nitrogen and oxygen atoms in total. The molecule has 0 unspecified atom stereocenters. The molecule has 1 saturated heterocycles. The molecule has 0 aromatic heterocycles. The van der Waals surface area contributed by atoms with E-state index in [0.717, 1.165) is 24.5 Å². The fourth-order valence-corrected chi connectivity index (χ4v) is 3.22. The third-order valence-electron chi connectivity index (χ3n) is 3.98. The molecule has 1 aliphatic rings. The van der Waals surface area contributed by atoms with E-state index in [9.17, 15) is 0 Å². The van der Waals surface area contributed by atoms with Crippen molar-refractivity contribution in [1.29, 1.82) is 0 Å². The Morgan fingerprint density at radius 1 is 1.25 bits per heavy atom. The van der Waals surface area contributed by atoms with Gasteiger partial charge in [-0.1, -0.05) is 36.2 Å². The number of likely N-dealkylation sites (tertiary alicyclic amines) is 1. The lowest BCUT2D eigenvalue weighted by molar-refractivity contribution is 0.200. The molecule has 0 spiro atoms. The molecular weight excluding hydrogens is 291 g/mol. The van der Waals surface area contributed by atoms with Crippen LogP contribution >= 0.6 is 23.2 Å². The number of piperidine rings is 1. The highest BCUT2D eigenvalue weighted by molar-refractivity contribution is 6.35. The molecule has 1 aromatic rings. The number of rotatable bonds is 6. The molecule has 0 bridgehead atoms. The van der Waals surface area contributed by atoms with E-state index in [4.69, 9.17) is 23.2 Å². The first-order valence-corrected chi connectivity index (χ1v) is 8.34. The Balaban J connectivity index is 1.73. The molecule has 0 aliphatic carbocycles. The van der Waals surface area contributed by atoms with Crippen LogP contribution in [0.15, 0.2) is 18.2 Å². The molecule has 4 heteroatoms. The van der Waals surface area contributed by atoms with Gasteiger partial charge in [-0.15, -0.1) is 0 Å². The van der Waals surface area contributed by atoms with Crippen molar-refractivity contribution in [2.45, 2.75) is 38.6 Å². The molecule has 0 amide bonds. The van der Waals surface area contributed by atoms with E-state index in [1.807, 2.05) is 18.2 Å². The third-order valence-corrected chi connectivity index (χ3v) is 4.57. The van der Waals surface area contributed by atoms with Crippen LogP contribution in [0.2, 0.25) is 10.0 Å². The number of nitrogens with zero attached hydrogens (tertiary/aromatic N) is 1. The van der Waals surface area contributed by atoms with Gasteiger partial charge in [-0.05, 0) is 63.0 Å². The van der Waals surface area contributed by atoms with Crippen molar-refractivity contribution in [3.05, 3.63) is 33.8 Å². The summed E-state index contributed by atoms with van der Waals surface area (Å²) in [6, 6.07) is 6.51. The van der Waals surface area contributed by atoms with E-state index in [0.29, 0.717) is 11.1 Å². The van der Waals surface area contributed by atoms with Crippen LogP contribution < -0.4 is 5.32 Å². The van der Waals surface area contributed by atoms with Gasteiger partial charge in [-0.3, -0.25) is 0 Å². The fraction of sp³-hybridized carbons (Fsp3) is 0.625. The van der Waals surface area contributed by atoms with E-state index in [-0.39, 0.29) is 0 Å². The number of hydrogen-bond acceptors (Lipinski definition) is 2. The van der Waals surface area contributed by atoms with Gasteiger partial charge in [0.2, 0.25) is 0 Å². The van der Waals surface area contributed by atoms with Gasteiger partial charge < -0.3 is 10.2 Å². The van der Waals surface area contributed by atoms with Gasteiger partial charge in [0.25, 0.3) is 0 Å². The van der Waals surface area contributed by atoms with Crippen LogP contribution in [0.3, 0.4) is 0 Å². The third kappa shape index (κ3) is 4.92. The van der Waals surface area contributed by atoms with Gasteiger partial charge in [0.1, 0.15) is 0 Å². The van der Waals surface area contributed by atoms with Crippen molar-refractivity contribution in [3.8, 4) is 0 Å². The lowest BCUT2D eigenvalue weighted by atomic mass is 10.0. The Morgan fingerprint density at radius 3 is 2.65 bits per heavy atom. The van der Waals surface area contributed by atoms with Crippen molar-refractivity contribution in [2.75, 3.05) is 26.2 Å². The first-order chi connectivity index (χ1) is 9.69. The molecule has 0 atom stereocenters. The van der Waals surface area contributed by atoms with Crippen molar-refractivity contribution in [3.63, 3.8) is 0 Å². The maximum Gasteiger partial charge on any atom is 0.0453 e. The smallest absolute Gasteiger partial charge is 0.0453 e. The second-order valence-corrected chi connectivity index (χ2v) is 6.40. The Kier molecular flexibility index (Phi) is 6.63. The zero-order chi connectivity index (χ0) is 14.4. The van der Waals surface area contributed by atoms with Crippen LogP contribution in [0.4, 0.5) is 0 Å². The Hall–Kier alpha value is -0.280. The molecule has 1 aromatic carbocycles. The van der Waals surface area contributed by atoms with Gasteiger partial charge in [0, 0.05) is 22.6 Å². The van der Waals surface area contributed by atoms with E-state index in [2.05, 4.69) is 17.1 Å². The number of hydrogen-bond donors (Lipinski definition) is 1. The zero-order valence-electron chi connectivity index (χ0n) is 12.2. The fourth-order valence-electron chi connectivity index (χ4n) is 2.71. The standard InChI is InChI=1S/C16H24Cl2N2/c1-2-8-19-15-6-10-20(11-7-15)9-5-13-3-4-14(17)12-16(13)18/h3-4,12,15,19H,2,5-11H2,1H3. The average Bonchev–Trinajstić information content (AvgIpc) is 2.45. The van der Waals surface area contributed by atoms with Crippen LogP contribution in [-0.2, 0) is 6.42 Å². The Morgan fingerprint density at radius 2 is 2.00 bits per heavy atom. The first kappa shape index (κ1) is 16.1. The molecule has 0 radical (unpaired) electrons. The van der Waals surface area contributed by atoms with E-state index in [1.165, 1.54) is 37.9 Å². The highest BCUT2D eigenvalue weighted by atomic mass is 35.5. The van der Waals surface area contributed by atoms with E-state index in [1.54, 1.807) is 0 Å². The van der Waals surface area contributed by atoms with Crippen molar-refractivity contribution in [2.24, 2.45) is 0 Å². The van der Waals surface area contributed by atoms with Crippen LogP contribution in [0.5, 0.6) is 0 Å². The zero-order valence-corrected chi connectivity index (χ0v) is 13.7. The summed E-state index contributed by atoms with van der Waals surface area (Å²) in [6.07, 6.45) is 4.74. The molecule has 0 saturated carbocycles. The highest BCUT2D eigenvalue weighted by Crippen LogP contribution is 2.22. The van der Waals surface area contributed by atoms with Gasteiger partial charge >= 0.3 is 0 Å². The summed E-state index contributed by atoms with van der Waals surface area (Å²) in [5, 5.41) is 5.12. The maximum atomic E-state index is 6.21. The van der Waals surface area contributed by atoms with Crippen LogP contribution in [-0.4, -0.2) is 37.1 Å². The van der Waals surface area contributed by atoms with Crippen molar-refractivity contribution < 1.29 is 0 Å². The molecular formula is C16H24Cl2N2. The lowest BCUT2D eigenvalue weighted by Gasteiger charge is -2.32. The topological polar surface area (TPSA) is 15.3 Å². The first-order valence-electron chi connectivity index (χ1n) is 7.58. The molecule has 1 N–H and O–H groups in total. The summed E-state index contributed by atoms with van der Waals surface area (Å²) in [4.78, 5) is 2.54. The van der Waals surface area contributed by atoms with Gasteiger partial charge in [-0.25, -0.2) is 0 Å². The summed E-state index contributed by atoms with van der Waals surface area (Å²) in [5.74, 6) is 0. The summed E-state index contributed by atoms with van der Waals surface area (Å²) in [7, 11) is 0. The van der Waals surface area contributed by atoms with Crippen molar-refractivity contribution in [1.82, 2.24) is 10.2 Å². The van der Waals surface area contributed by atoms with Gasteiger partial charge in [-0.2, -0.15) is 0 Å². The molecule has 2 rings (SSSR count). The minimum absolute atomic E-state index is 0.710. The van der Waals surface area contributed by atoms with Crippen LogP contribution in [0.25, 0.3) is 0 Å². The minimum atomic E-state index is 0.710. The van der Waals surface area contributed by atoms with E-state index >= 15 is 0 Å². The molecule has 1 heterocycles. The highest BCUT2D eigenvalue weighted by Gasteiger charge is 2.18. The number of benzene rings is 1. The maximum absolute atomic E-state index is 6.21. The van der Waals surface area contributed by atoms with Gasteiger partial charge in [0.05, 0.1) is 0 Å². The van der Waals surface area contributed by atoms with Crippen LogP contribution in [0.1, 0.15) is 31.7 Å². The summed E-state index contributed by atoms with van der Waals surface area (Å²) >= 11 is 12.1. The molecule has 1 aliphatic heterocycles. The Bertz CT molecular complexity index is 415. The molecule has 112 valence electrons. The lowest BCUT2D eigenvalue weighted by Crippen LogP contribution is -2.43. The normalized spacial score (nSPS) is 17.6. The SMILES string of the molecule is CCCNC1CCN(CCc2ccc(Cl)cc2Cl)CC1. The van der Waals surface area contributed by atoms with Crippen molar-refractivity contribution >= 4 is 23.2 Å². The monoisotopic (exact) mass is 314 g/mol. The second kappa shape index (κ2) is 8.23. The second-order valence-electron chi connectivity index (χ2n) is 5.56. The molecule has 20 heavy (non-hydrogen) atoms. The van der Waals surface area contributed by atoms with Crippen LogP contribution in [0, 0.1) is 0 Å². The summed E-state index contributed by atoms with van der Waals surface area (Å²) in [5.41, 5.74) is 1.20. The predicted molar refractivity (Wildman–Crippen MR) is 87.9 cm³/mol. The summed E-state index contributed by atoms with van der Waals surface area (Å²) < 4.78 is 0. The Labute approximate surface area is 132 Å². The minimum Gasteiger partial charge on any atom is -0.314 e. The van der Waals surface area contributed by atoms with E-state index < -0.39 is 0 Å². The molecule has 1 fully saturated rings. The largest absolute Gasteiger partial charge is 0.314 e. The number of nitrogens with one attached hydrogen (secondary N) is 1. The summed E-state index contributed by atoms with van der Waals surface area (Å²) in [6.45, 7) is 6.82. The van der Waals surface area contributed by atoms with Gasteiger partial charge in [0.15, 0.2) is 0 Å². The average molecular weight is 315 g/mol. The quantitative estimate of drug-likeness (QED) is 0.853. The number of halogens is 2. The predicted octanol–water partition coefficient (Wildman–Crippen LogP) is 4.00.